The fourth-order valence-corrected chi connectivity index (χ4v) is 2.21. The minimum atomic E-state index is -0.876. The summed E-state index contributed by atoms with van der Waals surface area (Å²) in [6.45, 7) is 1.67. The summed E-state index contributed by atoms with van der Waals surface area (Å²) in [5, 5.41) is 23.0. The number of rotatable bonds is 4. The first-order valence-corrected chi connectivity index (χ1v) is 5.90. The Hall–Kier alpha value is -2.37. The number of nitro benzene ring substituents is 1. The largest absolute Gasteiger partial charge is 0.481 e. The standard InChI is InChI=1S/C13H14N2O4/c1-8-3-2-4-11(12(8)15(18)19)14-10-6-5-9(7-10)13(16)17/h2-6,9-10,14H,7H2,1H3,(H,16,17). The van der Waals surface area contributed by atoms with E-state index in [0.29, 0.717) is 17.7 Å². The van der Waals surface area contributed by atoms with Gasteiger partial charge < -0.3 is 10.4 Å². The fourth-order valence-electron chi connectivity index (χ4n) is 2.21. The van der Waals surface area contributed by atoms with Crippen LogP contribution in [-0.2, 0) is 4.79 Å². The number of nitro groups is 1. The van der Waals surface area contributed by atoms with Gasteiger partial charge in [0.05, 0.1) is 10.8 Å². The number of nitrogens with one attached hydrogen (secondary N) is 1. The number of para-hydroxylation sites is 1. The van der Waals surface area contributed by atoms with Crippen molar-refractivity contribution in [3.8, 4) is 0 Å². The fraction of sp³-hybridized carbons (Fsp3) is 0.308. The van der Waals surface area contributed by atoms with Gasteiger partial charge in [-0.15, -0.1) is 0 Å². The van der Waals surface area contributed by atoms with E-state index >= 15 is 0 Å². The average molecular weight is 262 g/mol. The third-order valence-corrected chi connectivity index (χ3v) is 3.16. The third-order valence-electron chi connectivity index (χ3n) is 3.16. The number of carboxylic acids is 1. The number of anilines is 1. The smallest absolute Gasteiger partial charge is 0.310 e. The summed E-state index contributed by atoms with van der Waals surface area (Å²) in [6.07, 6.45) is 3.76. The zero-order valence-corrected chi connectivity index (χ0v) is 10.4. The van der Waals surface area contributed by atoms with E-state index in [1.54, 1.807) is 37.3 Å². The lowest BCUT2D eigenvalue weighted by Gasteiger charge is -2.14. The van der Waals surface area contributed by atoms with Gasteiger partial charge in [0.25, 0.3) is 5.69 Å². The van der Waals surface area contributed by atoms with Gasteiger partial charge >= 0.3 is 5.97 Å². The molecule has 1 aromatic carbocycles. The molecule has 1 aliphatic rings. The summed E-state index contributed by atoms with van der Waals surface area (Å²) in [5.41, 5.74) is 1.03. The zero-order chi connectivity index (χ0) is 14.0. The van der Waals surface area contributed by atoms with Gasteiger partial charge in [0.15, 0.2) is 0 Å². The molecule has 2 unspecified atom stereocenters. The van der Waals surface area contributed by atoms with Crippen LogP contribution in [0.1, 0.15) is 12.0 Å². The van der Waals surface area contributed by atoms with Crippen LogP contribution in [0.4, 0.5) is 11.4 Å². The molecule has 2 N–H and O–H groups in total. The van der Waals surface area contributed by atoms with E-state index in [0.717, 1.165) is 0 Å². The maximum absolute atomic E-state index is 11.0. The van der Waals surface area contributed by atoms with Crippen LogP contribution in [0, 0.1) is 23.0 Å². The molecule has 0 saturated carbocycles. The summed E-state index contributed by atoms with van der Waals surface area (Å²) >= 11 is 0. The average Bonchev–Trinajstić information content (AvgIpc) is 2.77. The molecule has 100 valence electrons. The number of hydrogen-bond acceptors (Lipinski definition) is 4. The minimum Gasteiger partial charge on any atom is -0.481 e. The summed E-state index contributed by atoms with van der Waals surface area (Å²) < 4.78 is 0. The van der Waals surface area contributed by atoms with Gasteiger partial charge in [-0.2, -0.15) is 0 Å². The molecule has 2 atom stereocenters. The van der Waals surface area contributed by atoms with Crippen LogP contribution in [0.3, 0.4) is 0 Å². The summed E-state index contributed by atoms with van der Waals surface area (Å²) in [4.78, 5) is 21.5. The Labute approximate surface area is 109 Å². The van der Waals surface area contributed by atoms with Gasteiger partial charge in [-0.1, -0.05) is 24.3 Å². The number of carboxylic acid groups (broad SMARTS) is 1. The molecule has 0 spiro atoms. The number of nitrogens with zero attached hydrogens (tertiary/aromatic N) is 1. The maximum atomic E-state index is 11.0. The molecule has 19 heavy (non-hydrogen) atoms. The monoisotopic (exact) mass is 262 g/mol. The van der Waals surface area contributed by atoms with Crippen LogP contribution < -0.4 is 5.32 Å². The second kappa shape index (κ2) is 5.09. The van der Waals surface area contributed by atoms with Crippen LogP contribution in [0.15, 0.2) is 30.4 Å². The molecule has 1 aromatic rings. The van der Waals surface area contributed by atoms with Gasteiger partial charge in [0.2, 0.25) is 0 Å². The Bertz CT molecular complexity index is 554. The number of aliphatic carboxylic acids is 1. The highest BCUT2D eigenvalue weighted by atomic mass is 16.6. The second-order valence-corrected chi connectivity index (χ2v) is 4.54. The number of carbonyl (C=O) groups is 1. The Morgan fingerprint density at radius 1 is 1.47 bits per heavy atom. The van der Waals surface area contributed by atoms with Crippen molar-refractivity contribution in [2.45, 2.75) is 19.4 Å². The van der Waals surface area contributed by atoms with E-state index in [2.05, 4.69) is 5.32 Å². The molecular weight excluding hydrogens is 248 g/mol. The van der Waals surface area contributed by atoms with Crippen molar-refractivity contribution in [2.75, 3.05) is 5.32 Å². The molecule has 6 heteroatoms. The van der Waals surface area contributed by atoms with E-state index < -0.39 is 16.8 Å². The third kappa shape index (κ3) is 2.73. The quantitative estimate of drug-likeness (QED) is 0.493. The number of aryl methyl sites for hydroxylation is 1. The topological polar surface area (TPSA) is 92.5 Å². The minimum absolute atomic E-state index is 0.0367. The molecule has 2 rings (SSSR count). The molecule has 1 aliphatic carbocycles. The number of hydrogen-bond donors (Lipinski definition) is 2. The lowest BCUT2D eigenvalue weighted by Crippen LogP contribution is -2.19. The van der Waals surface area contributed by atoms with Crippen molar-refractivity contribution in [3.63, 3.8) is 0 Å². The lowest BCUT2D eigenvalue weighted by atomic mass is 10.1. The summed E-state index contributed by atoms with van der Waals surface area (Å²) in [6, 6.07) is 4.85. The molecule has 0 aromatic heterocycles. The molecule has 6 nitrogen and oxygen atoms in total. The Morgan fingerprint density at radius 3 is 2.79 bits per heavy atom. The van der Waals surface area contributed by atoms with Crippen LogP contribution in [0.5, 0.6) is 0 Å². The van der Waals surface area contributed by atoms with Gasteiger partial charge in [-0.25, -0.2) is 0 Å². The van der Waals surface area contributed by atoms with Crippen LogP contribution in [-0.4, -0.2) is 22.0 Å². The van der Waals surface area contributed by atoms with Crippen LogP contribution in [0.2, 0.25) is 0 Å². The molecule has 0 fully saturated rings. The van der Waals surface area contributed by atoms with Crippen LogP contribution >= 0.6 is 0 Å². The highest BCUT2D eigenvalue weighted by molar-refractivity contribution is 5.73. The first-order valence-electron chi connectivity index (χ1n) is 5.90. The highest BCUT2D eigenvalue weighted by Gasteiger charge is 2.26. The molecule has 0 radical (unpaired) electrons. The van der Waals surface area contributed by atoms with Gasteiger partial charge in [0, 0.05) is 11.6 Å². The van der Waals surface area contributed by atoms with E-state index in [4.69, 9.17) is 5.11 Å². The van der Waals surface area contributed by atoms with Crippen LogP contribution in [0.25, 0.3) is 0 Å². The van der Waals surface area contributed by atoms with Crippen molar-refractivity contribution >= 4 is 17.3 Å². The van der Waals surface area contributed by atoms with Gasteiger partial charge in [-0.3, -0.25) is 14.9 Å². The second-order valence-electron chi connectivity index (χ2n) is 4.54. The Balaban J connectivity index is 2.17. The predicted molar refractivity (Wildman–Crippen MR) is 70.1 cm³/mol. The number of benzene rings is 1. The molecule has 0 bridgehead atoms. The summed E-state index contributed by atoms with van der Waals surface area (Å²) in [5.74, 6) is -1.40. The first kappa shape index (κ1) is 13.1. The lowest BCUT2D eigenvalue weighted by molar-refractivity contribution is -0.384. The van der Waals surface area contributed by atoms with Gasteiger partial charge in [0.1, 0.15) is 5.69 Å². The van der Waals surface area contributed by atoms with E-state index in [-0.39, 0.29) is 11.7 Å². The van der Waals surface area contributed by atoms with Crippen molar-refractivity contribution in [1.82, 2.24) is 0 Å². The molecule has 0 aliphatic heterocycles. The molecule has 0 amide bonds. The maximum Gasteiger partial charge on any atom is 0.310 e. The predicted octanol–water partition coefficient (Wildman–Crippen LogP) is 2.34. The van der Waals surface area contributed by atoms with E-state index in [1.807, 2.05) is 0 Å². The molecule has 0 saturated heterocycles. The van der Waals surface area contributed by atoms with Gasteiger partial charge in [-0.05, 0) is 19.4 Å². The SMILES string of the molecule is Cc1cccc(NC2C=CC(C(=O)O)C2)c1[N+](=O)[O-]. The normalized spacial score (nSPS) is 21.3. The van der Waals surface area contributed by atoms with Crippen molar-refractivity contribution in [1.29, 1.82) is 0 Å². The Morgan fingerprint density at radius 2 is 2.21 bits per heavy atom. The van der Waals surface area contributed by atoms with E-state index in [1.165, 1.54) is 0 Å². The molecular formula is C13H14N2O4. The molecule has 0 heterocycles. The van der Waals surface area contributed by atoms with Crippen molar-refractivity contribution < 1.29 is 14.8 Å². The zero-order valence-electron chi connectivity index (χ0n) is 10.4. The highest BCUT2D eigenvalue weighted by Crippen LogP contribution is 2.30. The van der Waals surface area contributed by atoms with Crippen molar-refractivity contribution in [3.05, 3.63) is 46.0 Å². The van der Waals surface area contributed by atoms with Crippen molar-refractivity contribution in [2.24, 2.45) is 5.92 Å². The summed E-state index contributed by atoms with van der Waals surface area (Å²) in [7, 11) is 0. The van der Waals surface area contributed by atoms with E-state index in [9.17, 15) is 14.9 Å². The Kier molecular flexibility index (Phi) is 3.50. The first-order chi connectivity index (χ1) is 8.99.